The van der Waals surface area contributed by atoms with E-state index in [4.69, 9.17) is 9.47 Å². The van der Waals surface area contributed by atoms with Gasteiger partial charge in [0.2, 0.25) is 0 Å². The van der Waals surface area contributed by atoms with Crippen LogP contribution in [0.5, 0.6) is 0 Å². The maximum atomic E-state index is 15.5. The van der Waals surface area contributed by atoms with Crippen LogP contribution in [0, 0.1) is 17.1 Å². The Morgan fingerprint density at radius 3 is 2.73 bits per heavy atom. The van der Waals surface area contributed by atoms with E-state index in [-0.39, 0.29) is 17.8 Å². The van der Waals surface area contributed by atoms with Crippen LogP contribution in [-0.4, -0.2) is 16.7 Å². The van der Waals surface area contributed by atoms with Gasteiger partial charge >= 0.3 is 6.09 Å². The van der Waals surface area contributed by atoms with E-state index in [1.165, 1.54) is 6.20 Å². The molecule has 0 fully saturated rings. The molecule has 3 rings (SSSR count). The molecule has 2 aromatic rings. The van der Waals surface area contributed by atoms with E-state index >= 15 is 4.39 Å². The monoisotopic (exact) mass is 501 g/mol. The zero-order valence-corrected chi connectivity index (χ0v) is 21.9. The fraction of sp³-hybridized carbons (Fsp3) is 0.300. The number of ether oxygens (including phenoxy) is 2. The summed E-state index contributed by atoms with van der Waals surface area (Å²) in [5.41, 5.74) is 1.74. The molecule has 0 saturated carbocycles. The number of hydrogen-bond donors (Lipinski definition) is 1. The number of carbonyl (C=O) groups is 1. The summed E-state index contributed by atoms with van der Waals surface area (Å²) in [4.78, 5) is 16.3. The summed E-state index contributed by atoms with van der Waals surface area (Å²) in [6.07, 6.45) is 12.1. The zero-order chi connectivity index (χ0) is 27.0. The molecule has 1 heterocycles. The summed E-state index contributed by atoms with van der Waals surface area (Å²) in [5, 5.41) is 12.5. The van der Waals surface area contributed by atoms with Crippen molar-refractivity contribution < 1.29 is 18.7 Å². The topological polar surface area (TPSA) is 84.2 Å². The van der Waals surface area contributed by atoms with Gasteiger partial charge < -0.3 is 14.8 Å². The molecule has 0 aliphatic heterocycles. The smallest absolute Gasteiger partial charge is 0.407 e. The molecule has 1 aromatic heterocycles. The highest BCUT2D eigenvalue weighted by Gasteiger charge is 2.18. The number of halogens is 1. The summed E-state index contributed by atoms with van der Waals surface area (Å²) in [5.74, 6) is 0.872. The van der Waals surface area contributed by atoms with Gasteiger partial charge in [0, 0.05) is 30.3 Å². The molecule has 1 aliphatic rings. The van der Waals surface area contributed by atoms with Crippen LogP contribution in [0.15, 0.2) is 72.4 Å². The van der Waals surface area contributed by atoms with Gasteiger partial charge in [-0.3, -0.25) is 4.98 Å². The molecule has 6 nitrogen and oxygen atoms in total. The van der Waals surface area contributed by atoms with Crippen LogP contribution in [0.4, 0.5) is 9.18 Å². The molecule has 192 valence electrons. The minimum absolute atomic E-state index is 0.0697. The first-order valence-electron chi connectivity index (χ1n) is 12.2. The number of alkyl carbamates (subject to hydrolysis) is 1. The van der Waals surface area contributed by atoms with Crippen molar-refractivity contribution in [2.45, 2.75) is 59.6 Å². The van der Waals surface area contributed by atoms with E-state index in [0.717, 1.165) is 23.5 Å². The largest absolute Gasteiger partial charge is 0.462 e. The lowest BCUT2D eigenvalue weighted by molar-refractivity contribution is 0.0523. The third kappa shape index (κ3) is 7.65. The molecule has 1 aliphatic carbocycles. The molecule has 37 heavy (non-hydrogen) atoms. The van der Waals surface area contributed by atoms with Crippen LogP contribution in [-0.2, 0) is 16.0 Å². The SMILES string of the molecule is CC/C(=C\C=C(/C)c1cnc(-c2cccc(CNC(=O)OC(C)(C)C)c2)c(F)c1C#N)OC1=CCC=C1. The number of amides is 1. The second-order valence-electron chi connectivity index (χ2n) is 9.56. The number of pyridine rings is 1. The summed E-state index contributed by atoms with van der Waals surface area (Å²) >= 11 is 0. The minimum Gasteiger partial charge on any atom is -0.462 e. The lowest BCUT2D eigenvalue weighted by Crippen LogP contribution is -2.32. The number of benzene rings is 1. The van der Waals surface area contributed by atoms with Crippen molar-refractivity contribution in [2.75, 3.05) is 0 Å². The highest BCUT2D eigenvalue weighted by Crippen LogP contribution is 2.29. The van der Waals surface area contributed by atoms with Crippen LogP contribution in [0.3, 0.4) is 0 Å². The number of nitriles is 1. The molecule has 0 saturated heterocycles. The predicted molar refractivity (Wildman–Crippen MR) is 142 cm³/mol. The number of allylic oxidation sites excluding steroid dienone is 7. The first kappa shape index (κ1) is 27.4. The number of nitrogens with zero attached hydrogens (tertiary/aromatic N) is 2. The van der Waals surface area contributed by atoms with Crippen molar-refractivity contribution in [3.05, 3.63) is 94.9 Å². The fourth-order valence-corrected chi connectivity index (χ4v) is 3.61. The maximum Gasteiger partial charge on any atom is 0.407 e. The van der Waals surface area contributed by atoms with Gasteiger partial charge in [0.15, 0.2) is 5.82 Å². The zero-order valence-electron chi connectivity index (χ0n) is 21.9. The molecule has 0 spiro atoms. The van der Waals surface area contributed by atoms with E-state index in [0.29, 0.717) is 23.1 Å². The van der Waals surface area contributed by atoms with E-state index in [9.17, 15) is 10.1 Å². The van der Waals surface area contributed by atoms with Crippen molar-refractivity contribution in [3.8, 4) is 17.3 Å². The first-order valence-corrected chi connectivity index (χ1v) is 12.2. The van der Waals surface area contributed by atoms with Gasteiger partial charge in [-0.15, -0.1) is 0 Å². The van der Waals surface area contributed by atoms with Gasteiger partial charge in [-0.2, -0.15) is 5.26 Å². The normalized spacial score (nSPS) is 13.7. The number of rotatable bonds is 8. The summed E-state index contributed by atoms with van der Waals surface area (Å²) < 4.78 is 26.6. The standard InChI is InChI=1S/C30H32FN3O3/c1-6-23(36-24-12-7-8-13-24)15-14-20(2)26-19-33-28(27(31)25(26)17-32)22-11-9-10-21(16-22)18-34-29(35)37-30(3,4)5/h7,9-16,19H,6,8,18H2,1-5H3,(H,34,35)/b20-14+,23-15+. The highest BCUT2D eigenvalue weighted by atomic mass is 19.1. The average molecular weight is 502 g/mol. The van der Waals surface area contributed by atoms with Crippen molar-refractivity contribution in [3.63, 3.8) is 0 Å². The molecule has 1 amide bonds. The summed E-state index contributed by atoms with van der Waals surface area (Å²) in [6.45, 7) is 9.35. The van der Waals surface area contributed by atoms with Crippen LogP contribution in [0.1, 0.15) is 64.2 Å². The quantitative estimate of drug-likeness (QED) is 0.302. The number of carbonyl (C=O) groups excluding carboxylic acids is 1. The number of aromatic nitrogens is 1. The molecule has 0 atom stereocenters. The first-order chi connectivity index (χ1) is 17.6. The van der Waals surface area contributed by atoms with Crippen LogP contribution in [0.2, 0.25) is 0 Å². The second kappa shape index (κ2) is 12.2. The van der Waals surface area contributed by atoms with Crippen molar-refractivity contribution in [2.24, 2.45) is 0 Å². The van der Waals surface area contributed by atoms with E-state index < -0.39 is 17.5 Å². The maximum absolute atomic E-state index is 15.5. The Bertz CT molecular complexity index is 1320. The lowest BCUT2D eigenvalue weighted by atomic mass is 9.99. The van der Waals surface area contributed by atoms with Gasteiger partial charge in [-0.25, -0.2) is 9.18 Å². The number of nitrogens with one attached hydrogen (secondary N) is 1. The Morgan fingerprint density at radius 2 is 2.08 bits per heavy atom. The molecular formula is C30H32FN3O3. The molecule has 0 unspecified atom stereocenters. The van der Waals surface area contributed by atoms with E-state index in [1.807, 2.05) is 43.4 Å². The lowest BCUT2D eigenvalue weighted by Gasteiger charge is -2.19. The van der Waals surface area contributed by atoms with Gasteiger partial charge in [0.05, 0.1) is 5.56 Å². The molecule has 0 bridgehead atoms. The van der Waals surface area contributed by atoms with Gasteiger partial charge in [-0.1, -0.05) is 37.3 Å². The van der Waals surface area contributed by atoms with Crippen molar-refractivity contribution in [1.82, 2.24) is 10.3 Å². The van der Waals surface area contributed by atoms with Gasteiger partial charge in [0.1, 0.15) is 28.9 Å². The Balaban J connectivity index is 1.83. The van der Waals surface area contributed by atoms with E-state index in [1.54, 1.807) is 52.0 Å². The molecular weight excluding hydrogens is 469 g/mol. The van der Waals surface area contributed by atoms with Crippen LogP contribution in [0.25, 0.3) is 16.8 Å². The third-order valence-electron chi connectivity index (χ3n) is 5.45. The van der Waals surface area contributed by atoms with E-state index in [2.05, 4.69) is 10.3 Å². The molecule has 1 N–H and O–H groups in total. The summed E-state index contributed by atoms with van der Waals surface area (Å²) in [7, 11) is 0. The van der Waals surface area contributed by atoms with Crippen LogP contribution >= 0.6 is 0 Å². The molecule has 1 aromatic carbocycles. The van der Waals surface area contributed by atoms with Crippen LogP contribution < -0.4 is 5.32 Å². The van der Waals surface area contributed by atoms with Crippen molar-refractivity contribution in [1.29, 1.82) is 5.26 Å². The Labute approximate surface area is 217 Å². The second-order valence-corrected chi connectivity index (χ2v) is 9.56. The summed E-state index contributed by atoms with van der Waals surface area (Å²) in [6, 6.07) is 8.99. The Hall–Kier alpha value is -4.18. The number of hydrogen-bond acceptors (Lipinski definition) is 5. The predicted octanol–water partition coefficient (Wildman–Crippen LogP) is 7.34. The Morgan fingerprint density at radius 1 is 1.30 bits per heavy atom. The fourth-order valence-electron chi connectivity index (χ4n) is 3.61. The van der Waals surface area contributed by atoms with Gasteiger partial charge in [-0.05, 0) is 69.5 Å². The Kier molecular flexibility index (Phi) is 9.02. The molecule has 0 radical (unpaired) electrons. The minimum atomic E-state index is -0.692. The van der Waals surface area contributed by atoms with Crippen molar-refractivity contribution >= 4 is 11.7 Å². The van der Waals surface area contributed by atoms with Gasteiger partial charge in [0.25, 0.3) is 0 Å². The third-order valence-corrected chi connectivity index (χ3v) is 5.45. The average Bonchev–Trinajstić information content (AvgIpc) is 3.37. The molecule has 7 heteroatoms. The highest BCUT2D eigenvalue weighted by molar-refractivity contribution is 5.73.